The fourth-order valence-corrected chi connectivity index (χ4v) is 3.74. The zero-order chi connectivity index (χ0) is 16.2. The smallest absolute Gasteiger partial charge is 0.0156 e. The van der Waals surface area contributed by atoms with Crippen molar-refractivity contribution >= 4 is 18.5 Å². The fraction of sp³-hybridized carbons (Fsp3) is 0.238. The van der Waals surface area contributed by atoms with Crippen LogP contribution in [0.3, 0.4) is 0 Å². The molecule has 1 unspecified atom stereocenters. The first kappa shape index (κ1) is 18.4. The van der Waals surface area contributed by atoms with E-state index in [0.29, 0.717) is 0 Å². The van der Waals surface area contributed by atoms with E-state index in [0.717, 1.165) is 0 Å². The van der Waals surface area contributed by atoms with Crippen LogP contribution in [0.15, 0.2) is 78.6 Å². The molecule has 116 valence electrons. The molecule has 0 aromatic heterocycles. The first-order valence-electron chi connectivity index (χ1n) is 7.93. The van der Waals surface area contributed by atoms with E-state index in [9.17, 15) is 0 Å². The maximum atomic E-state index is 2.31. The van der Waals surface area contributed by atoms with Crippen LogP contribution in [-0.4, -0.2) is 0 Å². The third-order valence-electron chi connectivity index (χ3n) is 2.89. The molecule has 0 spiro atoms. The molecule has 0 bridgehead atoms. The highest BCUT2D eigenvalue weighted by Crippen LogP contribution is 2.35. The summed E-state index contributed by atoms with van der Waals surface area (Å²) in [4.78, 5) is 0. The Morgan fingerprint density at radius 3 is 1.91 bits per heavy atom. The van der Waals surface area contributed by atoms with Gasteiger partial charge in [-0.15, -0.1) is 0 Å². The molecule has 2 rings (SSSR count). The molecule has 0 aliphatic rings. The topological polar surface area (TPSA) is 0 Å². The zero-order valence-electron chi connectivity index (χ0n) is 14.2. The average molecular weight is 310 g/mol. The summed E-state index contributed by atoms with van der Waals surface area (Å²) in [7, 11) is -0.407. The lowest BCUT2D eigenvalue weighted by Crippen LogP contribution is -2.09. The van der Waals surface area contributed by atoms with Crippen molar-refractivity contribution in [3.8, 4) is 0 Å². The molecule has 0 fully saturated rings. The van der Waals surface area contributed by atoms with Crippen molar-refractivity contribution in [3.63, 3.8) is 0 Å². The maximum Gasteiger partial charge on any atom is -0.0156 e. The highest BCUT2D eigenvalue weighted by Gasteiger charge is 2.09. The van der Waals surface area contributed by atoms with E-state index >= 15 is 0 Å². The van der Waals surface area contributed by atoms with Gasteiger partial charge in [-0.25, -0.2) is 0 Å². The minimum absolute atomic E-state index is 0.407. The summed E-state index contributed by atoms with van der Waals surface area (Å²) < 4.78 is 0. The first-order chi connectivity index (χ1) is 10.7. The molecular formula is C21H27P. The van der Waals surface area contributed by atoms with Gasteiger partial charge in [0.15, 0.2) is 0 Å². The van der Waals surface area contributed by atoms with Crippen LogP contribution in [0, 0.1) is 6.92 Å². The van der Waals surface area contributed by atoms with Gasteiger partial charge in [0, 0.05) is 0 Å². The predicted octanol–water partition coefficient (Wildman–Crippen LogP) is 5.93. The quantitative estimate of drug-likeness (QED) is 0.484. The summed E-state index contributed by atoms with van der Waals surface area (Å²) in [5.74, 6) is 2.31. The van der Waals surface area contributed by atoms with Crippen molar-refractivity contribution in [3.05, 3.63) is 84.2 Å². The second-order valence-electron chi connectivity index (χ2n) is 5.12. The van der Waals surface area contributed by atoms with E-state index < -0.39 is 7.92 Å². The van der Waals surface area contributed by atoms with E-state index in [1.165, 1.54) is 22.6 Å². The number of benzene rings is 2. The molecule has 1 atom stereocenters. The van der Waals surface area contributed by atoms with Crippen molar-refractivity contribution < 1.29 is 0 Å². The molecule has 0 radical (unpaired) electrons. The Bertz CT molecular complexity index is 565. The standard InChI is InChI=1S/C18H19P.C3H8/c1-3-4-8-15-19(17-9-6-5-7-10-17)18-13-11-16(2)12-14-18;1-3-2/h3-15H,1-2H3;3H2,1-2H3/b4-3-,15-8+;. The Balaban J connectivity index is 0.000000745. The second-order valence-corrected chi connectivity index (χ2v) is 7.19. The summed E-state index contributed by atoms with van der Waals surface area (Å²) in [5, 5.41) is 2.79. The molecule has 0 saturated heterocycles. The van der Waals surface area contributed by atoms with E-state index in [-0.39, 0.29) is 0 Å². The van der Waals surface area contributed by atoms with Gasteiger partial charge in [-0.05, 0) is 32.4 Å². The van der Waals surface area contributed by atoms with Gasteiger partial charge in [-0.2, -0.15) is 0 Å². The Labute approximate surface area is 137 Å². The SMILES string of the molecule is C/C=C\C=C\P(c1ccccc1)c1ccc(C)cc1.CCC. The normalized spacial score (nSPS) is 12.2. The minimum Gasteiger partial charge on any atom is -0.0877 e. The molecule has 0 amide bonds. The Hall–Kier alpha value is -1.65. The number of allylic oxidation sites excluding steroid dienone is 3. The Morgan fingerprint density at radius 2 is 1.36 bits per heavy atom. The zero-order valence-corrected chi connectivity index (χ0v) is 15.1. The van der Waals surface area contributed by atoms with Gasteiger partial charge in [0.1, 0.15) is 0 Å². The lowest BCUT2D eigenvalue weighted by molar-refractivity contribution is 1.09. The van der Waals surface area contributed by atoms with Gasteiger partial charge in [0.25, 0.3) is 0 Å². The highest BCUT2D eigenvalue weighted by molar-refractivity contribution is 7.75. The fourth-order valence-electron chi connectivity index (χ4n) is 1.86. The van der Waals surface area contributed by atoms with Gasteiger partial charge < -0.3 is 0 Å². The summed E-state index contributed by atoms with van der Waals surface area (Å²) >= 11 is 0. The van der Waals surface area contributed by atoms with Crippen LogP contribution in [0.2, 0.25) is 0 Å². The summed E-state index contributed by atoms with van der Waals surface area (Å²) in [5.41, 5.74) is 1.31. The van der Waals surface area contributed by atoms with Gasteiger partial charge in [0.2, 0.25) is 0 Å². The largest absolute Gasteiger partial charge is 0.0877 e. The third-order valence-corrected chi connectivity index (χ3v) is 5.06. The van der Waals surface area contributed by atoms with E-state index in [1.807, 2.05) is 6.92 Å². The van der Waals surface area contributed by atoms with Crippen LogP contribution < -0.4 is 10.6 Å². The van der Waals surface area contributed by atoms with Crippen molar-refractivity contribution in [1.82, 2.24) is 0 Å². The van der Waals surface area contributed by atoms with Crippen LogP contribution in [0.5, 0.6) is 0 Å². The van der Waals surface area contributed by atoms with Crippen LogP contribution in [0.4, 0.5) is 0 Å². The summed E-state index contributed by atoms with van der Waals surface area (Å²) in [6.45, 7) is 8.42. The van der Waals surface area contributed by atoms with Gasteiger partial charge in [-0.1, -0.05) is 104 Å². The lowest BCUT2D eigenvalue weighted by atomic mass is 10.2. The molecule has 0 nitrogen and oxygen atoms in total. The van der Waals surface area contributed by atoms with Crippen molar-refractivity contribution in [2.24, 2.45) is 0 Å². The van der Waals surface area contributed by atoms with E-state index in [4.69, 9.17) is 0 Å². The molecule has 0 N–H and O–H groups in total. The van der Waals surface area contributed by atoms with E-state index in [2.05, 4.69) is 99.4 Å². The van der Waals surface area contributed by atoms with Crippen LogP contribution >= 0.6 is 7.92 Å². The van der Waals surface area contributed by atoms with Crippen molar-refractivity contribution in [2.75, 3.05) is 0 Å². The summed E-state index contributed by atoms with van der Waals surface area (Å²) in [6.07, 6.45) is 7.55. The van der Waals surface area contributed by atoms with E-state index in [1.54, 1.807) is 0 Å². The predicted molar refractivity (Wildman–Crippen MR) is 104 cm³/mol. The number of rotatable bonds is 4. The molecule has 0 saturated carbocycles. The molecular weight excluding hydrogens is 283 g/mol. The highest BCUT2D eigenvalue weighted by atomic mass is 31.1. The van der Waals surface area contributed by atoms with Crippen LogP contribution in [0.25, 0.3) is 0 Å². The Morgan fingerprint density at radius 1 is 0.818 bits per heavy atom. The van der Waals surface area contributed by atoms with Crippen LogP contribution in [0.1, 0.15) is 32.8 Å². The minimum atomic E-state index is -0.407. The first-order valence-corrected chi connectivity index (χ1v) is 9.34. The van der Waals surface area contributed by atoms with Crippen molar-refractivity contribution in [2.45, 2.75) is 34.1 Å². The molecule has 1 heteroatoms. The Kier molecular flexibility index (Phi) is 9.19. The number of hydrogen-bond donors (Lipinski definition) is 0. The van der Waals surface area contributed by atoms with Crippen molar-refractivity contribution in [1.29, 1.82) is 0 Å². The molecule has 0 aliphatic carbocycles. The number of hydrogen-bond acceptors (Lipinski definition) is 0. The van der Waals surface area contributed by atoms with Gasteiger partial charge >= 0.3 is 0 Å². The molecule has 2 aromatic carbocycles. The molecule has 2 aromatic rings. The van der Waals surface area contributed by atoms with Crippen LogP contribution in [-0.2, 0) is 0 Å². The maximum absolute atomic E-state index is 2.31. The van der Waals surface area contributed by atoms with Gasteiger partial charge in [0.05, 0.1) is 0 Å². The molecule has 0 aliphatic heterocycles. The second kappa shape index (κ2) is 11.0. The summed E-state index contributed by atoms with van der Waals surface area (Å²) in [6, 6.07) is 19.6. The third kappa shape index (κ3) is 6.41. The lowest BCUT2D eigenvalue weighted by Gasteiger charge is -2.14. The number of aryl methyl sites for hydroxylation is 1. The van der Waals surface area contributed by atoms with Gasteiger partial charge in [-0.3, -0.25) is 0 Å². The molecule has 22 heavy (non-hydrogen) atoms. The average Bonchev–Trinajstić information content (AvgIpc) is 2.54. The monoisotopic (exact) mass is 310 g/mol. The molecule has 0 heterocycles.